The second kappa shape index (κ2) is 7.63. The monoisotopic (exact) mass is 414 g/mol. The number of Topliss-reactive ketones (excluding diaryl/α,β-unsaturated/α-hetero) is 1. The fraction of sp³-hybridized carbons (Fsp3) is 0.200. The molecule has 1 aromatic carbocycles. The van der Waals surface area contributed by atoms with E-state index in [2.05, 4.69) is 9.97 Å². The summed E-state index contributed by atoms with van der Waals surface area (Å²) in [4.78, 5) is 47.1. The number of benzene rings is 1. The van der Waals surface area contributed by atoms with Crippen LogP contribution in [0.25, 0.3) is 10.9 Å². The summed E-state index contributed by atoms with van der Waals surface area (Å²) >= 11 is 5.92. The van der Waals surface area contributed by atoms with Gasteiger partial charge in [-0.05, 0) is 18.2 Å². The Morgan fingerprint density at radius 1 is 1.03 bits per heavy atom. The second-order valence-corrected chi connectivity index (χ2v) is 7.01. The molecule has 1 aliphatic heterocycles. The van der Waals surface area contributed by atoms with Crippen LogP contribution in [0, 0.1) is 5.82 Å². The van der Waals surface area contributed by atoms with Crippen LogP contribution in [0.1, 0.15) is 20.8 Å². The zero-order valence-electron chi connectivity index (χ0n) is 15.2. The highest BCUT2D eigenvalue weighted by Crippen LogP contribution is 2.24. The Morgan fingerprint density at radius 2 is 1.69 bits per heavy atom. The molecule has 1 saturated heterocycles. The molecule has 1 aliphatic rings. The summed E-state index contributed by atoms with van der Waals surface area (Å²) in [6.07, 6.45) is 0.956. The van der Waals surface area contributed by atoms with Gasteiger partial charge in [-0.15, -0.1) is 0 Å². The van der Waals surface area contributed by atoms with Crippen LogP contribution in [0.15, 0.2) is 42.6 Å². The van der Waals surface area contributed by atoms with Crippen molar-refractivity contribution >= 4 is 40.1 Å². The molecule has 3 heterocycles. The molecule has 0 spiro atoms. The molecule has 0 bridgehead atoms. The van der Waals surface area contributed by atoms with E-state index in [0.29, 0.717) is 18.7 Å². The van der Waals surface area contributed by atoms with Crippen molar-refractivity contribution in [2.45, 2.75) is 0 Å². The van der Waals surface area contributed by atoms with E-state index in [0.717, 1.165) is 6.20 Å². The van der Waals surface area contributed by atoms with E-state index in [1.807, 2.05) is 6.07 Å². The van der Waals surface area contributed by atoms with E-state index in [-0.39, 0.29) is 40.7 Å². The Kier molecular flexibility index (Phi) is 5.02. The summed E-state index contributed by atoms with van der Waals surface area (Å²) in [5, 5.41) is 0.111. The second-order valence-electron chi connectivity index (χ2n) is 6.65. The smallest absolute Gasteiger partial charge is 0.296 e. The molecule has 1 fully saturated rings. The minimum atomic E-state index is -0.792. The van der Waals surface area contributed by atoms with Crippen molar-refractivity contribution in [1.82, 2.24) is 19.8 Å². The number of aromatic amines is 1. The van der Waals surface area contributed by atoms with Gasteiger partial charge in [-0.2, -0.15) is 0 Å². The number of carbonyl (C=O) groups excluding carboxylic acids is 3. The predicted octanol–water partition coefficient (Wildman–Crippen LogP) is 2.52. The quantitative estimate of drug-likeness (QED) is 0.405. The van der Waals surface area contributed by atoms with Gasteiger partial charge < -0.3 is 14.8 Å². The van der Waals surface area contributed by atoms with Gasteiger partial charge in [0.25, 0.3) is 17.6 Å². The first-order valence-corrected chi connectivity index (χ1v) is 9.34. The summed E-state index contributed by atoms with van der Waals surface area (Å²) < 4.78 is 13.9. The molecule has 0 radical (unpaired) electrons. The van der Waals surface area contributed by atoms with Crippen LogP contribution in [-0.4, -0.2) is 63.5 Å². The number of H-pyrrole nitrogens is 1. The predicted molar refractivity (Wildman–Crippen MR) is 104 cm³/mol. The molecule has 29 heavy (non-hydrogen) atoms. The minimum absolute atomic E-state index is 0.0148. The summed E-state index contributed by atoms with van der Waals surface area (Å²) in [6.45, 7) is 1.12. The molecule has 0 atom stereocenters. The van der Waals surface area contributed by atoms with E-state index in [9.17, 15) is 18.8 Å². The third-order valence-electron chi connectivity index (χ3n) is 4.89. The lowest BCUT2D eigenvalue weighted by Gasteiger charge is -2.34. The Labute approximate surface area is 170 Å². The Morgan fingerprint density at radius 3 is 2.34 bits per heavy atom. The third-order valence-corrected chi connectivity index (χ3v) is 5.17. The van der Waals surface area contributed by atoms with Crippen molar-refractivity contribution in [2.24, 2.45) is 0 Å². The van der Waals surface area contributed by atoms with E-state index in [1.165, 1.54) is 11.0 Å². The standard InChI is InChI=1S/C20H16ClFN4O3/c21-18-16-13(14(22)11-23-18)10-15(24-16)17(27)20(29)26-8-6-25(7-9-26)19(28)12-4-2-1-3-5-12/h1-5,10-11,24H,6-9H2. The first-order valence-electron chi connectivity index (χ1n) is 8.96. The van der Waals surface area contributed by atoms with Gasteiger partial charge in [0, 0.05) is 37.1 Å². The van der Waals surface area contributed by atoms with Crippen LogP contribution in [-0.2, 0) is 4.79 Å². The Bertz CT molecular complexity index is 1070. The number of nitrogens with one attached hydrogen (secondary N) is 1. The van der Waals surface area contributed by atoms with E-state index < -0.39 is 17.5 Å². The molecule has 9 heteroatoms. The molecule has 0 aliphatic carbocycles. The number of pyridine rings is 1. The zero-order valence-corrected chi connectivity index (χ0v) is 15.9. The van der Waals surface area contributed by atoms with Crippen molar-refractivity contribution in [3.8, 4) is 0 Å². The highest BCUT2D eigenvalue weighted by molar-refractivity contribution is 6.43. The number of aromatic nitrogens is 2. The number of hydrogen-bond acceptors (Lipinski definition) is 4. The van der Waals surface area contributed by atoms with Crippen LogP contribution in [0.4, 0.5) is 4.39 Å². The lowest BCUT2D eigenvalue weighted by atomic mass is 10.1. The largest absolute Gasteiger partial charge is 0.349 e. The summed E-state index contributed by atoms with van der Waals surface area (Å²) in [5.41, 5.74) is 0.691. The molecule has 4 rings (SSSR count). The number of hydrogen-bond donors (Lipinski definition) is 1. The number of ketones is 1. The molecule has 2 amide bonds. The van der Waals surface area contributed by atoms with E-state index in [1.54, 1.807) is 29.2 Å². The minimum Gasteiger partial charge on any atom is -0.349 e. The molecule has 0 unspecified atom stereocenters. The normalized spacial score (nSPS) is 14.3. The summed E-state index contributed by atoms with van der Waals surface area (Å²) in [5.74, 6) is -2.26. The van der Waals surface area contributed by atoms with E-state index >= 15 is 0 Å². The maximum atomic E-state index is 13.9. The number of rotatable bonds is 3. The fourth-order valence-corrected chi connectivity index (χ4v) is 3.51. The maximum Gasteiger partial charge on any atom is 0.296 e. The SMILES string of the molecule is O=C(C(=O)N1CCN(C(=O)c2ccccc2)CC1)c1cc2c(F)cnc(Cl)c2[nH]1. The van der Waals surface area contributed by atoms with Crippen LogP contribution in [0.2, 0.25) is 5.15 Å². The first-order chi connectivity index (χ1) is 14.0. The van der Waals surface area contributed by atoms with Gasteiger partial charge >= 0.3 is 0 Å². The third kappa shape index (κ3) is 3.58. The van der Waals surface area contributed by atoms with Gasteiger partial charge in [0.2, 0.25) is 0 Å². The van der Waals surface area contributed by atoms with Crippen molar-refractivity contribution in [3.05, 3.63) is 64.8 Å². The zero-order chi connectivity index (χ0) is 20.5. The summed E-state index contributed by atoms with van der Waals surface area (Å²) in [6, 6.07) is 10.1. The van der Waals surface area contributed by atoms with Crippen LogP contribution < -0.4 is 0 Å². The molecular weight excluding hydrogens is 399 g/mol. The number of halogens is 2. The number of piperazine rings is 1. The molecular formula is C20H16ClFN4O3. The highest BCUT2D eigenvalue weighted by Gasteiger charge is 2.30. The maximum absolute atomic E-state index is 13.9. The molecule has 7 nitrogen and oxygen atoms in total. The van der Waals surface area contributed by atoms with Crippen LogP contribution in [0.3, 0.4) is 0 Å². The van der Waals surface area contributed by atoms with Gasteiger partial charge in [-0.25, -0.2) is 9.37 Å². The number of amides is 2. The van der Waals surface area contributed by atoms with Crippen molar-refractivity contribution in [2.75, 3.05) is 26.2 Å². The fourth-order valence-electron chi connectivity index (χ4n) is 3.31. The van der Waals surface area contributed by atoms with Gasteiger partial charge in [-0.3, -0.25) is 14.4 Å². The van der Waals surface area contributed by atoms with Crippen molar-refractivity contribution < 1.29 is 18.8 Å². The first kappa shape index (κ1) is 19.1. The van der Waals surface area contributed by atoms with Gasteiger partial charge in [0.1, 0.15) is 0 Å². The average Bonchev–Trinajstić information content (AvgIpc) is 3.22. The lowest BCUT2D eigenvalue weighted by Crippen LogP contribution is -2.52. The molecule has 148 valence electrons. The average molecular weight is 415 g/mol. The summed E-state index contributed by atoms with van der Waals surface area (Å²) in [7, 11) is 0. The van der Waals surface area contributed by atoms with Gasteiger partial charge in [-0.1, -0.05) is 29.8 Å². The highest BCUT2D eigenvalue weighted by atomic mass is 35.5. The van der Waals surface area contributed by atoms with Gasteiger partial charge in [0.05, 0.1) is 17.4 Å². The Balaban J connectivity index is 1.44. The Hall–Kier alpha value is -3.26. The number of carbonyl (C=O) groups is 3. The topological polar surface area (TPSA) is 86.4 Å². The van der Waals surface area contributed by atoms with Crippen molar-refractivity contribution in [1.29, 1.82) is 0 Å². The lowest BCUT2D eigenvalue weighted by molar-refractivity contribution is -0.127. The molecule has 2 aromatic heterocycles. The molecule has 1 N–H and O–H groups in total. The molecule has 3 aromatic rings. The van der Waals surface area contributed by atoms with Crippen molar-refractivity contribution in [3.63, 3.8) is 0 Å². The van der Waals surface area contributed by atoms with Crippen LogP contribution >= 0.6 is 11.6 Å². The van der Waals surface area contributed by atoms with E-state index in [4.69, 9.17) is 11.6 Å². The molecule has 0 saturated carbocycles. The number of fused-ring (bicyclic) bond motifs is 1. The van der Waals surface area contributed by atoms with Crippen LogP contribution in [0.5, 0.6) is 0 Å². The number of nitrogens with zero attached hydrogens (tertiary/aromatic N) is 3. The van der Waals surface area contributed by atoms with Gasteiger partial charge in [0.15, 0.2) is 11.0 Å².